The Balaban J connectivity index is 1.58. The van der Waals surface area contributed by atoms with Crippen LogP contribution in [0.1, 0.15) is 28.5 Å². The Labute approximate surface area is 204 Å². The van der Waals surface area contributed by atoms with Crippen LogP contribution in [0.4, 0.5) is 0 Å². The largest absolute Gasteiger partial charge is 0.282 e. The highest BCUT2D eigenvalue weighted by atomic mass is 32.2. The lowest BCUT2D eigenvalue weighted by atomic mass is 10.1. The molecule has 0 fully saturated rings. The van der Waals surface area contributed by atoms with Crippen LogP contribution in [0.25, 0.3) is 21.1 Å². The third-order valence-electron chi connectivity index (χ3n) is 5.84. The summed E-state index contributed by atoms with van der Waals surface area (Å²) >= 11 is 2.88. The second-order valence-corrected chi connectivity index (χ2v) is 10.1. The maximum absolute atomic E-state index is 13.6. The highest BCUT2D eigenvalue weighted by Gasteiger charge is 2.18. The quantitative estimate of drug-likeness (QED) is 0.257. The van der Waals surface area contributed by atoms with Crippen LogP contribution in [0.3, 0.4) is 0 Å². The minimum absolute atomic E-state index is 0.0570. The van der Waals surface area contributed by atoms with Gasteiger partial charge in [-0.05, 0) is 43.5 Å². The van der Waals surface area contributed by atoms with Gasteiger partial charge in [0.1, 0.15) is 10.3 Å². The summed E-state index contributed by atoms with van der Waals surface area (Å²) in [5.41, 5.74) is 3.47. The molecule has 0 radical (unpaired) electrons. The SMILES string of the molecule is CCc1sc2nc(SCn3nnc4ccccc4c3=O)n(Cc3ccc(C)cc3)c(=O)c2c1C. The smallest absolute Gasteiger partial charge is 0.278 e. The number of benzene rings is 2. The van der Waals surface area contributed by atoms with Crippen LogP contribution in [0.5, 0.6) is 0 Å². The minimum Gasteiger partial charge on any atom is -0.282 e. The van der Waals surface area contributed by atoms with E-state index < -0.39 is 0 Å². The topological polar surface area (TPSA) is 82.7 Å². The Morgan fingerprint density at radius 2 is 1.76 bits per heavy atom. The number of aryl methyl sites for hydroxylation is 3. The van der Waals surface area contributed by atoms with E-state index in [-0.39, 0.29) is 17.0 Å². The fraction of sp³-hybridized carbons (Fsp3) is 0.240. The van der Waals surface area contributed by atoms with Crippen LogP contribution in [0, 0.1) is 13.8 Å². The van der Waals surface area contributed by atoms with Crippen molar-refractivity contribution in [1.82, 2.24) is 24.5 Å². The molecule has 0 bridgehead atoms. The van der Waals surface area contributed by atoms with Crippen LogP contribution >= 0.6 is 23.1 Å². The molecule has 0 aliphatic carbocycles. The van der Waals surface area contributed by atoms with E-state index in [1.807, 2.05) is 50.2 Å². The molecule has 0 unspecified atom stereocenters. The van der Waals surface area contributed by atoms with Crippen molar-refractivity contribution in [3.8, 4) is 0 Å². The average molecular weight is 490 g/mol. The second-order valence-electron chi connectivity index (χ2n) is 8.14. The average Bonchev–Trinajstić information content (AvgIpc) is 3.17. The van der Waals surface area contributed by atoms with Gasteiger partial charge in [0.15, 0.2) is 5.16 Å². The van der Waals surface area contributed by atoms with E-state index in [0.29, 0.717) is 28.0 Å². The first kappa shape index (κ1) is 22.5. The van der Waals surface area contributed by atoms with Crippen molar-refractivity contribution in [3.05, 3.63) is 90.8 Å². The molecule has 3 aromatic heterocycles. The Hall–Kier alpha value is -3.30. The molecule has 7 nitrogen and oxygen atoms in total. The van der Waals surface area contributed by atoms with Gasteiger partial charge in [0.2, 0.25) is 0 Å². The number of fused-ring (bicyclic) bond motifs is 2. The molecule has 9 heteroatoms. The zero-order valence-corrected chi connectivity index (χ0v) is 20.7. The van der Waals surface area contributed by atoms with E-state index >= 15 is 0 Å². The van der Waals surface area contributed by atoms with E-state index in [1.165, 1.54) is 21.3 Å². The monoisotopic (exact) mass is 489 g/mol. The number of thiophene rings is 1. The lowest BCUT2D eigenvalue weighted by molar-refractivity contribution is 0.630. The molecule has 2 aromatic carbocycles. The summed E-state index contributed by atoms with van der Waals surface area (Å²) in [6.45, 7) is 6.52. The van der Waals surface area contributed by atoms with Crippen LogP contribution < -0.4 is 11.1 Å². The zero-order chi connectivity index (χ0) is 23.8. The van der Waals surface area contributed by atoms with Gasteiger partial charge in [-0.1, -0.05) is 65.9 Å². The number of rotatable bonds is 6. The van der Waals surface area contributed by atoms with E-state index in [2.05, 4.69) is 17.2 Å². The first-order valence-corrected chi connectivity index (χ1v) is 12.8. The number of nitrogens with zero attached hydrogens (tertiary/aromatic N) is 5. The fourth-order valence-corrected chi connectivity index (χ4v) is 5.96. The molecule has 0 N–H and O–H groups in total. The predicted molar refractivity (Wildman–Crippen MR) is 138 cm³/mol. The van der Waals surface area contributed by atoms with E-state index in [0.717, 1.165) is 27.9 Å². The Kier molecular flexibility index (Phi) is 6.05. The van der Waals surface area contributed by atoms with Crippen molar-refractivity contribution in [2.24, 2.45) is 0 Å². The van der Waals surface area contributed by atoms with Crippen molar-refractivity contribution in [2.75, 3.05) is 0 Å². The van der Waals surface area contributed by atoms with E-state index in [9.17, 15) is 9.59 Å². The molecular formula is C25H23N5O2S2. The molecule has 0 amide bonds. The molecule has 5 aromatic rings. The van der Waals surface area contributed by atoms with Crippen LogP contribution in [-0.2, 0) is 18.8 Å². The molecule has 0 aliphatic heterocycles. The number of hydrogen-bond donors (Lipinski definition) is 0. The van der Waals surface area contributed by atoms with E-state index in [1.54, 1.807) is 28.0 Å². The Morgan fingerprint density at radius 3 is 2.53 bits per heavy atom. The van der Waals surface area contributed by atoms with E-state index in [4.69, 9.17) is 4.98 Å². The Morgan fingerprint density at radius 1 is 1.00 bits per heavy atom. The molecule has 0 saturated carbocycles. The maximum atomic E-state index is 13.6. The maximum Gasteiger partial charge on any atom is 0.278 e. The first-order chi connectivity index (χ1) is 16.5. The van der Waals surface area contributed by atoms with Crippen LogP contribution in [0.2, 0.25) is 0 Å². The standard InChI is InChI=1S/C25H23N5O2S2/c1-4-20-16(3)21-22(34-20)26-25(29(24(21)32)13-17-11-9-15(2)10-12-17)33-14-30-23(31)18-7-5-6-8-19(18)27-28-30/h5-12H,4,13-14H2,1-3H3. The second kappa shape index (κ2) is 9.15. The highest BCUT2D eigenvalue weighted by Crippen LogP contribution is 2.30. The third-order valence-corrected chi connectivity index (χ3v) is 8.12. The molecule has 172 valence electrons. The summed E-state index contributed by atoms with van der Waals surface area (Å²) in [6.07, 6.45) is 0.856. The van der Waals surface area contributed by atoms with Crippen molar-refractivity contribution in [3.63, 3.8) is 0 Å². The number of aromatic nitrogens is 5. The molecule has 34 heavy (non-hydrogen) atoms. The predicted octanol–water partition coefficient (Wildman–Crippen LogP) is 4.54. The van der Waals surface area contributed by atoms with Gasteiger partial charge in [0.05, 0.1) is 23.2 Å². The molecule has 3 heterocycles. The summed E-state index contributed by atoms with van der Waals surface area (Å²) < 4.78 is 3.02. The molecule has 0 spiro atoms. The molecular weight excluding hydrogens is 466 g/mol. The normalized spacial score (nSPS) is 11.5. The molecule has 0 atom stereocenters. The van der Waals surface area contributed by atoms with Gasteiger partial charge in [0, 0.05) is 4.88 Å². The van der Waals surface area contributed by atoms with Gasteiger partial charge in [-0.2, -0.15) is 4.68 Å². The van der Waals surface area contributed by atoms with Crippen molar-refractivity contribution in [2.45, 2.75) is 44.8 Å². The van der Waals surface area contributed by atoms with Gasteiger partial charge >= 0.3 is 0 Å². The van der Waals surface area contributed by atoms with Crippen molar-refractivity contribution in [1.29, 1.82) is 0 Å². The van der Waals surface area contributed by atoms with Crippen LogP contribution in [0.15, 0.2) is 63.3 Å². The van der Waals surface area contributed by atoms with Gasteiger partial charge in [-0.25, -0.2) is 4.98 Å². The zero-order valence-electron chi connectivity index (χ0n) is 19.1. The first-order valence-electron chi connectivity index (χ1n) is 11.0. The summed E-state index contributed by atoms with van der Waals surface area (Å²) in [5, 5.41) is 10.00. The summed E-state index contributed by atoms with van der Waals surface area (Å²) in [5.74, 6) is 0.202. The summed E-state index contributed by atoms with van der Waals surface area (Å²) in [4.78, 5) is 33.3. The summed E-state index contributed by atoms with van der Waals surface area (Å²) in [6, 6.07) is 15.3. The van der Waals surface area contributed by atoms with Crippen molar-refractivity contribution >= 4 is 44.2 Å². The number of thioether (sulfide) groups is 1. The molecule has 0 saturated heterocycles. The minimum atomic E-state index is -0.216. The highest BCUT2D eigenvalue weighted by molar-refractivity contribution is 7.98. The molecule has 0 aliphatic rings. The lowest BCUT2D eigenvalue weighted by Gasteiger charge is -2.13. The molecule has 5 rings (SSSR count). The number of hydrogen-bond acceptors (Lipinski definition) is 7. The van der Waals surface area contributed by atoms with Crippen LogP contribution in [-0.4, -0.2) is 24.5 Å². The van der Waals surface area contributed by atoms with Gasteiger partial charge in [-0.15, -0.1) is 16.4 Å². The van der Waals surface area contributed by atoms with Crippen molar-refractivity contribution < 1.29 is 0 Å². The Bertz CT molecular complexity index is 1630. The summed E-state index contributed by atoms with van der Waals surface area (Å²) in [7, 11) is 0. The fourth-order valence-electron chi connectivity index (χ4n) is 3.93. The van der Waals surface area contributed by atoms with Gasteiger partial charge in [-0.3, -0.25) is 14.2 Å². The van der Waals surface area contributed by atoms with Gasteiger partial charge in [0.25, 0.3) is 11.1 Å². The van der Waals surface area contributed by atoms with Gasteiger partial charge < -0.3 is 0 Å². The third kappa shape index (κ3) is 4.05. The lowest BCUT2D eigenvalue weighted by Crippen LogP contribution is -2.26.